The number of rotatable bonds is 3. The summed E-state index contributed by atoms with van der Waals surface area (Å²) in [6.45, 7) is 1.57. The van der Waals surface area contributed by atoms with Gasteiger partial charge < -0.3 is 4.74 Å². The molecule has 0 aliphatic heterocycles. The Bertz CT molecular complexity index is 475. The smallest absolute Gasteiger partial charge is 0.420 e. The Hall–Kier alpha value is -1.53. The van der Waals surface area contributed by atoms with Gasteiger partial charge in [-0.05, 0) is 19.8 Å². The predicted octanol–water partition coefficient (Wildman–Crippen LogP) is 2.49. The van der Waals surface area contributed by atoms with E-state index in [1.54, 1.807) is 6.92 Å². The van der Waals surface area contributed by atoms with Crippen LogP contribution in [0, 0.1) is 0 Å². The lowest BCUT2D eigenvalue weighted by atomic mass is 10.1. The minimum Gasteiger partial charge on any atom is -0.461 e. The van der Waals surface area contributed by atoms with Gasteiger partial charge in [-0.1, -0.05) is 0 Å². The van der Waals surface area contributed by atoms with E-state index in [0.29, 0.717) is 12.8 Å². The van der Waals surface area contributed by atoms with E-state index in [1.165, 1.54) is 7.05 Å². The second-order valence-corrected chi connectivity index (χ2v) is 4.22. The highest BCUT2D eigenvalue weighted by molar-refractivity contribution is 5.90. The van der Waals surface area contributed by atoms with Crippen molar-refractivity contribution in [2.45, 2.75) is 31.9 Å². The lowest BCUT2D eigenvalue weighted by Crippen LogP contribution is -2.17. The van der Waals surface area contributed by atoms with Crippen LogP contribution in [0.3, 0.4) is 0 Å². The van der Waals surface area contributed by atoms with Crippen LogP contribution in [0.25, 0.3) is 0 Å². The summed E-state index contributed by atoms with van der Waals surface area (Å²) in [5, 5.41) is 3.84. The standard InChI is InChI=1S/C11H13F3N2O2/c1-3-18-10(17)9-7(11(12,13)14)8(6-4-5-6)15-16(9)2/h6H,3-5H2,1-2H3. The van der Waals surface area contributed by atoms with Crippen LogP contribution in [0.5, 0.6) is 0 Å². The highest BCUT2D eigenvalue weighted by Crippen LogP contribution is 2.46. The van der Waals surface area contributed by atoms with Crippen LogP contribution in [-0.4, -0.2) is 22.4 Å². The molecule has 4 nitrogen and oxygen atoms in total. The molecule has 1 saturated carbocycles. The van der Waals surface area contributed by atoms with Crippen molar-refractivity contribution in [2.75, 3.05) is 6.61 Å². The zero-order valence-corrected chi connectivity index (χ0v) is 10.0. The number of hydrogen-bond donors (Lipinski definition) is 0. The van der Waals surface area contributed by atoms with Gasteiger partial charge in [0.25, 0.3) is 0 Å². The molecule has 7 heteroatoms. The Morgan fingerprint density at radius 3 is 2.56 bits per heavy atom. The van der Waals surface area contributed by atoms with E-state index in [-0.39, 0.29) is 18.2 Å². The number of nitrogens with zero attached hydrogens (tertiary/aromatic N) is 2. The molecule has 100 valence electrons. The maximum Gasteiger partial charge on any atom is 0.420 e. The predicted molar refractivity (Wildman–Crippen MR) is 56.1 cm³/mol. The van der Waals surface area contributed by atoms with E-state index >= 15 is 0 Å². The molecule has 0 spiro atoms. The van der Waals surface area contributed by atoms with Crippen LogP contribution < -0.4 is 0 Å². The van der Waals surface area contributed by atoms with Crippen molar-refractivity contribution in [1.82, 2.24) is 9.78 Å². The van der Waals surface area contributed by atoms with Gasteiger partial charge in [0.05, 0.1) is 12.3 Å². The summed E-state index contributed by atoms with van der Waals surface area (Å²) >= 11 is 0. The first-order chi connectivity index (χ1) is 8.36. The minimum absolute atomic E-state index is 0.0278. The zero-order valence-electron chi connectivity index (χ0n) is 10.0. The molecule has 1 aromatic rings. The average molecular weight is 262 g/mol. The summed E-state index contributed by atoms with van der Waals surface area (Å²) in [6, 6.07) is 0. The summed E-state index contributed by atoms with van der Waals surface area (Å²) in [5.74, 6) is -1.16. The number of aromatic nitrogens is 2. The second-order valence-electron chi connectivity index (χ2n) is 4.22. The number of halogens is 3. The van der Waals surface area contributed by atoms with E-state index < -0.39 is 23.4 Å². The highest BCUT2D eigenvalue weighted by Gasteiger charge is 2.45. The molecule has 0 atom stereocenters. The number of hydrogen-bond acceptors (Lipinski definition) is 3. The second kappa shape index (κ2) is 4.29. The van der Waals surface area contributed by atoms with Gasteiger partial charge in [-0.2, -0.15) is 18.3 Å². The fourth-order valence-corrected chi connectivity index (χ4v) is 1.90. The normalized spacial score (nSPS) is 15.8. The largest absolute Gasteiger partial charge is 0.461 e. The van der Waals surface area contributed by atoms with Crippen LogP contribution in [-0.2, 0) is 18.0 Å². The zero-order chi connectivity index (χ0) is 13.5. The van der Waals surface area contributed by atoms with Crippen LogP contribution in [0.4, 0.5) is 13.2 Å². The quantitative estimate of drug-likeness (QED) is 0.786. The molecule has 0 bridgehead atoms. The third-order valence-electron chi connectivity index (χ3n) is 2.79. The van der Waals surface area contributed by atoms with Gasteiger partial charge in [0.1, 0.15) is 5.56 Å². The first kappa shape index (κ1) is 12.9. The molecule has 0 N–H and O–H groups in total. The molecule has 1 aliphatic rings. The van der Waals surface area contributed by atoms with E-state index in [0.717, 1.165) is 4.68 Å². The van der Waals surface area contributed by atoms with Gasteiger partial charge in [0.2, 0.25) is 0 Å². The van der Waals surface area contributed by atoms with Gasteiger partial charge in [-0.25, -0.2) is 4.79 Å². The Morgan fingerprint density at radius 1 is 1.50 bits per heavy atom. The Kier molecular flexibility index (Phi) is 3.08. The van der Waals surface area contributed by atoms with Crippen molar-refractivity contribution in [2.24, 2.45) is 7.05 Å². The number of carbonyl (C=O) groups excluding carboxylic acids is 1. The van der Waals surface area contributed by atoms with Gasteiger partial charge in [0, 0.05) is 13.0 Å². The molecule has 0 radical (unpaired) electrons. The maximum absolute atomic E-state index is 13.0. The molecule has 0 unspecified atom stereocenters. The van der Waals surface area contributed by atoms with Gasteiger partial charge in [-0.3, -0.25) is 4.68 Å². The van der Waals surface area contributed by atoms with E-state index in [1.807, 2.05) is 0 Å². The first-order valence-electron chi connectivity index (χ1n) is 5.67. The molecular weight excluding hydrogens is 249 g/mol. The van der Waals surface area contributed by atoms with Crippen LogP contribution >= 0.6 is 0 Å². The van der Waals surface area contributed by atoms with E-state index in [2.05, 4.69) is 9.84 Å². The number of alkyl halides is 3. The third-order valence-corrected chi connectivity index (χ3v) is 2.79. The topological polar surface area (TPSA) is 44.1 Å². The number of aryl methyl sites for hydroxylation is 1. The van der Waals surface area contributed by atoms with Crippen molar-refractivity contribution in [3.63, 3.8) is 0 Å². The minimum atomic E-state index is -4.59. The Morgan fingerprint density at radius 2 is 2.11 bits per heavy atom. The van der Waals surface area contributed by atoms with E-state index in [9.17, 15) is 18.0 Å². The fourth-order valence-electron chi connectivity index (χ4n) is 1.90. The van der Waals surface area contributed by atoms with Crippen LogP contribution in [0.2, 0.25) is 0 Å². The summed E-state index contributed by atoms with van der Waals surface area (Å²) < 4.78 is 44.8. The molecule has 0 aromatic carbocycles. The van der Waals surface area contributed by atoms with Crippen molar-refractivity contribution in [3.05, 3.63) is 17.0 Å². The average Bonchev–Trinajstić information content (AvgIpc) is 3.00. The van der Waals surface area contributed by atoms with Gasteiger partial charge in [0.15, 0.2) is 5.69 Å². The lowest BCUT2D eigenvalue weighted by molar-refractivity contribution is -0.138. The van der Waals surface area contributed by atoms with Crippen molar-refractivity contribution >= 4 is 5.97 Å². The van der Waals surface area contributed by atoms with E-state index in [4.69, 9.17) is 0 Å². The van der Waals surface area contributed by atoms with Crippen LogP contribution in [0.1, 0.15) is 47.4 Å². The summed E-state index contributed by atoms with van der Waals surface area (Å²) in [6.07, 6.45) is -3.22. The first-order valence-corrected chi connectivity index (χ1v) is 5.67. The van der Waals surface area contributed by atoms with Crippen molar-refractivity contribution < 1.29 is 22.7 Å². The SMILES string of the molecule is CCOC(=O)c1c(C(F)(F)F)c(C2CC2)nn1C. The third kappa shape index (κ3) is 2.21. The number of esters is 1. The van der Waals surface area contributed by atoms with Gasteiger partial charge in [-0.15, -0.1) is 0 Å². The molecule has 2 rings (SSSR count). The maximum atomic E-state index is 13.0. The van der Waals surface area contributed by atoms with Crippen molar-refractivity contribution in [1.29, 1.82) is 0 Å². The molecular formula is C11H13F3N2O2. The molecule has 18 heavy (non-hydrogen) atoms. The van der Waals surface area contributed by atoms with Crippen LogP contribution in [0.15, 0.2) is 0 Å². The Balaban J connectivity index is 2.53. The lowest BCUT2D eigenvalue weighted by Gasteiger charge is -2.09. The molecule has 0 saturated heterocycles. The number of carbonyl (C=O) groups is 1. The summed E-state index contributed by atoms with van der Waals surface area (Å²) in [5.41, 5.74) is -1.48. The molecule has 1 heterocycles. The Labute approximate surface area is 102 Å². The monoisotopic (exact) mass is 262 g/mol. The molecule has 1 fully saturated rings. The highest BCUT2D eigenvalue weighted by atomic mass is 19.4. The molecule has 1 aliphatic carbocycles. The molecule has 0 amide bonds. The number of ether oxygens (including phenoxy) is 1. The van der Waals surface area contributed by atoms with Gasteiger partial charge >= 0.3 is 12.1 Å². The van der Waals surface area contributed by atoms with Crippen molar-refractivity contribution in [3.8, 4) is 0 Å². The fraction of sp³-hybridized carbons (Fsp3) is 0.636. The summed E-state index contributed by atoms with van der Waals surface area (Å²) in [4.78, 5) is 11.6. The molecule has 1 aromatic heterocycles. The summed E-state index contributed by atoms with van der Waals surface area (Å²) in [7, 11) is 1.33.